The monoisotopic (exact) mass is 638 g/mol. The fourth-order valence-corrected chi connectivity index (χ4v) is 4.56. The van der Waals surface area contributed by atoms with Gasteiger partial charge in [0.1, 0.15) is 6.04 Å². The SMILES string of the molecule is CC(NC(=O)C(C)OC(N)=O)C(=O)NCCc1ccc(NC(=O)c2ccc(CN(Cc3ccccn3)Cc3ccccn3)nc2)cc1. The van der Waals surface area contributed by atoms with Crippen molar-refractivity contribution in [3.8, 4) is 0 Å². The molecule has 0 bridgehead atoms. The Bertz CT molecular complexity index is 1580. The molecule has 2 unspecified atom stereocenters. The summed E-state index contributed by atoms with van der Waals surface area (Å²) in [5.74, 6) is -1.30. The molecule has 0 aliphatic rings. The fraction of sp³-hybridized carbons (Fsp3) is 0.265. The first-order valence-electron chi connectivity index (χ1n) is 15.1. The number of amides is 4. The van der Waals surface area contributed by atoms with Crippen LogP contribution < -0.4 is 21.7 Å². The predicted octanol–water partition coefficient (Wildman–Crippen LogP) is 2.97. The van der Waals surface area contributed by atoms with Crippen LogP contribution in [0.15, 0.2) is 91.4 Å². The van der Waals surface area contributed by atoms with Gasteiger partial charge in [0.2, 0.25) is 5.91 Å². The van der Waals surface area contributed by atoms with Crippen molar-refractivity contribution in [1.82, 2.24) is 30.5 Å². The van der Waals surface area contributed by atoms with Crippen LogP contribution >= 0.6 is 0 Å². The molecular formula is C34H38N8O5. The highest BCUT2D eigenvalue weighted by atomic mass is 16.6. The van der Waals surface area contributed by atoms with Crippen molar-refractivity contribution in [3.05, 3.63) is 120 Å². The van der Waals surface area contributed by atoms with Gasteiger partial charge in [0, 0.05) is 50.5 Å². The summed E-state index contributed by atoms with van der Waals surface area (Å²) in [6.07, 6.45) is 3.46. The summed E-state index contributed by atoms with van der Waals surface area (Å²) in [6, 6.07) is 21.7. The van der Waals surface area contributed by atoms with E-state index in [1.807, 2.05) is 54.6 Å². The average molecular weight is 639 g/mol. The molecule has 0 saturated heterocycles. The molecule has 2 atom stereocenters. The lowest BCUT2D eigenvalue weighted by atomic mass is 10.1. The van der Waals surface area contributed by atoms with Crippen molar-refractivity contribution < 1.29 is 23.9 Å². The number of hydrogen-bond donors (Lipinski definition) is 4. The molecule has 0 radical (unpaired) electrons. The van der Waals surface area contributed by atoms with Gasteiger partial charge in [0.25, 0.3) is 11.8 Å². The van der Waals surface area contributed by atoms with Crippen molar-refractivity contribution in [1.29, 1.82) is 0 Å². The smallest absolute Gasteiger partial charge is 0.405 e. The van der Waals surface area contributed by atoms with E-state index < -0.39 is 24.1 Å². The van der Waals surface area contributed by atoms with E-state index in [2.05, 4.69) is 40.5 Å². The molecular weight excluding hydrogens is 600 g/mol. The summed E-state index contributed by atoms with van der Waals surface area (Å²) in [6.45, 7) is 5.00. The minimum atomic E-state index is -1.11. The van der Waals surface area contributed by atoms with Gasteiger partial charge in [0.05, 0.1) is 22.6 Å². The first-order chi connectivity index (χ1) is 22.7. The highest BCUT2D eigenvalue weighted by Crippen LogP contribution is 2.14. The molecule has 13 nitrogen and oxygen atoms in total. The largest absolute Gasteiger partial charge is 0.437 e. The predicted molar refractivity (Wildman–Crippen MR) is 175 cm³/mol. The summed E-state index contributed by atoms with van der Waals surface area (Å²) in [5.41, 5.74) is 9.59. The Morgan fingerprint density at radius 1 is 0.787 bits per heavy atom. The molecule has 4 amide bonds. The maximum Gasteiger partial charge on any atom is 0.405 e. The Morgan fingerprint density at radius 2 is 1.40 bits per heavy atom. The number of hydrogen-bond acceptors (Lipinski definition) is 9. The lowest BCUT2D eigenvalue weighted by Gasteiger charge is -2.21. The molecule has 1 aromatic carbocycles. The number of benzene rings is 1. The van der Waals surface area contributed by atoms with Crippen LogP contribution in [0.1, 0.15) is 46.9 Å². The molecule has 0 aliphatic heterocycles. The maximum atomic E-state index is 12.9. The number of pyridine rings is 3. The van der Waals surface area contributed by atoms with Crippen LogP contribution in [0.4, 0.5) is 10.5 Å². The summed E-state index contributed by atoms with van der Waals surface area (Å²) >= 11 is 0. The lowest BCUT2D eigenvalue weighted by molar-refractivity contribution is -0.133. The van der Waals surface area contributed by atoms with Gasteiger partial charge < -0.3 is 26.4 Å². The van der Waals surface area contributed by atoms with E-state index in [1.165, 1.54) is 13.8 Å². The number of ether oxygens (including phenoxy) is 1. The van der Waals surface area contributed by atoms with Crippen LogP contribution in [-0.4, -0.2) is 62.4 Å². The number of nitrogens with zero attached hydrogens (tertiary/aromatic N) is 4. The van der Waals surface area contributed by atoms with E-state index in [9.17, 15) is 19.2 Å². The van der Waals surface area contributed by atoms with Gasteiger partial charge in [-0.2, -0.15) is 0 Å². The van der Waals surface area contributed by atoms with E-state index in [1.54, 1.807) is 36.8 Å². The normalized spacial score (nSPS) is 12.1. The molecule has 0 saturated carbocycles. The Kier molecular flexibility index (Phi) is 12.5. The van der Waals surface area contributed by atoms with E-state index in [0.717, 1.165) is 22.6 Å². The molecule has 244 valence electrons. The minimum absolute atomic E-state index is 0.283. The molecule has 3 heterocycles. The van der Waals surface area contributed by atoms with Crippen molar-refractivity contribution >= 4 is 29.5 Å². The maximum absolute atomic E-state index is 12.9. The van der Waals surface area contributed by atoms with Gasteiger partial charge in [-0.15, -0.1) is 0 Å². The molecule has 4 aromatic rings. The van der Waals surface area contributed by atoms with Crippen LogP contribution in [0.25, 0.3) is 0 Å². The number of nitrogens with one attached hydrogen (secondary N) is 3. The molecule has 0 spiro atoms. The topological polar surface area (TPSA) is 182 Å². The van der Waals surface area contributed by atoms with Crippen LogP contribution in [0.2, 0.25) is 0 Å². The van der Waals surface area contributed by atoms with E-state index in [-0.39, 0.29) is 11.8 Å². The zero-order chi connectivity index (χ0) is 33.6. The van der Waals surface area contributed by atoms with Crippen LogP contribution in [0, 0.1) is 0 Å². The summed E-state index contributed by atoms with van der Waals surface area (Å²) in [7, 11) is 0. The number of primary amides is 1. The number of nitrogens with two attached hydrogens (primary N) is 1. The van der Waals surface area contributed by atoms with Crippen molar-refractivity contribution in [2.75, 3.05) is 11.9 Å². The number of carbonyl (C=O) groups is 4. The van der Waals surface area contributed by atoms with Gasteiger partial charge in [-0.05, 0) is 74.4 Å². The summed E-state index contributed by atoms with van der Waals surface area (Å²) < 4.78 is 4.60. The Morgan fingerprint density at radius 3 is 1.94 bits per heavy atom. The highest BCUT2D eigenvalue weighted by Gasteiger charge is 2.21. The first-order valence-corrected chi connectivity index (χ1v) is 15.1. The van der Waals surface area contributed by atoms with Gasteiger partial charge in [-0.1, -0.05) is 24.3 Å². The molecule has 0 aliphatic carbocycles. The Balaban J connectivity index is 1.24. The number of anilines is 1. The molecule has 0 fully saturated rings. The minimum Gasteiger partial charge on any atom is -0.437 e. The molecule has 13 heteroatoms. The number of rotatable bonds is 15. The third-order valence-electron chi connectivity index (χ3n) is 7.03. The number of carbonyl (C=O) groups excluding carboxylic acids is 4. The third-order valence-corrected chi connectivity index (χ3v) is 7.03. The van der Waals surface area contributed by atoms with Gasteiger partial charge >= 0.3 is 6.09 Å². The second-order valence-electron chi connectivity index (χ2n) is 10.8. The standard InChI is InChI=1S/C34H38N8O5/c1-23(40-32(44)24(2)47-34(35)46)31(43)38-18-15-25-9-12-27(13-10-25)41-33(45)26-11-14-30(39-19-26)22-42(20-28-7-3-5-16-36-28)21-29-8-4-6-17-37-29/h3-14,16-17,19,23-24H,15,18,20-22H2,1-2H3,(H2,35,46)(H,38,43)(H,40,44)(H,41,45). The van der Waals surface area contributed by atoms with Crippen LogP contribution in [0.5, 0.6) is 0 Å². The zero-order valence-corrected chi connectivity index (χ0v) is 26.3. The second kappa shape index (κ2) is 17.1. The van der Waals surface area contributed by atoms with Gasteiger partial charge in [-0.3, -0.25) is 34.2 Å². The first kappa shape index (κ1) is 34.2. The zero-order valence-electron chi connectivity index (χ0n) is 26.3. The summed E-state index contributed by atoms with van der Waals surface area (Å²) in [4.78, 5) is 63.7. The second-order valence-corrected chi connectivity index (χ2v) is 10.8. The van der Waals surface area contributed by atoms with Crippen molar-refractivity contribution in [3.63, 3.8) is 0 Å². The number of aromatic nitrogens is 3. The van der Waals surface area contributed by atoms with Crippen molar-refractivity contribution in [2.45, 2.75) is 52.0 Å². The van der Waals surface area contributed by atoms with Crippen molar-refractivity contribution in [2.24, 2.45) is 5.73 Å². The van der Waals surface area contributed by atoms with E-state index >= 15 is 0 Å². The van der Waals surface area contributed by atoms with E-state index in [0.29, 0.717) is 43.9 Å². The van der Waals surface area contributed by atoms with E-state index in [4.69, 9.17) is 5.73 Å². The van der Waals surface area contributed by atoms with Gasteiger partial charge in [0.15, 0.2) is 6.10 Å². The average Bonchev–Trinajstić information content (AvgIpc) is 3.06. The highest BCUT2D eigenvalue weighted by molar-refractivity contribution is 6.04. The van der Waals surface area contributed by atoms with Crippen LogP contribution in [0.3, 0.4) is 0 Å². The van der Waals surface area contributed by atoms with Crippen LogP contribution in [-0.2, 0) is 40.4 Å². The van der Waals surface area contributed by atoms with Gasteiger partial charge in [-0.25, -0.2) is 4.79 Å². The fourth-order valence-electron chi connectivity index (χ4n) is 4.56. The molecule has 5 N–H and O–H groups in total. The Labute approximate surface area is 273 Å². The lowest BCUT2D eigenvalue weighted by Crippen LogP contribution is -2.48. The Hall–Kier alpha value is -5.69. The molecule has 3 aromatic heterocycles. The summed E-state index contributed by atoms with van der Waals surface area (Å²) in [5, 5.41) is 8.10. The quantitative estimate of drug-likeness (QED) is 0.152. The molecule has 47 heavy (non-hydrogen) atoms. The molecule has 4 rings (SSSR count). The third kappa shape index (κ3) is 11.3.